The largest absolute Gasteiger partial charge is 0.495 e. The van der Waals surface area contributed by atoms with E-state index in [9.17, 15) is 14.4 Å². The van der Waals surface area contributed by atoms with E-state index in [-0.39, 0.29) is 29.6 Å². The molecule has 2 N–H and O–H groups in total. The molecule has 7 nitrogen and oxygen atoms in total. The van der Waals surface area contributed by atoms with E-state index in [1.165, 1.54) is 26.2 Å². The minimum atomic E-state index is -0.800. The first-order valence-electron chi connectivity index (χ1n) is 11.1. The third-order valence-electron chi connectivity index (χ3n) is 5.47. The van der Waals surface area contributed by atoms with Gasteiger partial charge >= 0.3 is 0 Å². The van der Waals surface area contributed by atoms with Crippen LogP contribution in [0.5, 0.6) is 0 Å². The number of halogens is 1. The molecule has 0 radical (unpaired) electrons. The predicted molar refractivity (Wildman–Crippen MR) is 144 cm³/mol. The fourth-order valence-electron chi connectivity index (χ4n) is 3.50. The zero-order valence-corrected chi connectivity index (χ0v) is 21.6. The van der Waals surface area contributed by atoms with Gasteiger partial charge in [-0.15, -0.1) is 0 Å². The van der Waals surface area contributed by atoms with Crippen molar-refractivity contribution < 1.29 is 19.1 Å². The molecule has 0 unspecified atom stereocenters. The van der Waals surface area contributed by atoms with Gasteiger partial charge in [0, 0.05) is 47.2 Å². The van der Waals surface area contributed by atoms with Crippen LogP contribution in [0.15, 0.2) is 73.2 Å². The van der Waals surface area contributed by atoms with E-state index in [4.69, 9.17) is 21.7 Å². The fraction of sp³-hybridized carbons (Fsp3) is 0.214. The Morgan fingerprint density at radius 2 is 1.86 bits per heavy atom. The highest BCUT2D eigenvalue weighted by Gasteiger charge is 2.25. The molecule has 1 amide bonds. The average molecular weight is 508 g/mol. The number of nitrogens with one attached hydrogen (secondary N) is 2. The molecular weight excluding hydrogens is 478 g/mol. The zero-order valence-electron chi connectivity index (χ0n) is 20.8. The number of rotatable bonds is 12. The standard InChI is InChI=1S/C28H30ClN3O4/c1-6-21(30)16-26(28(35)31-22-10-7-18(2)8-11-22)32(4)17-27(36-5)24(13-14-33)25-15-20(29)9-12-23(25)19(3)34/h6-15,17,26,30H,1,16H2,2-5H3,(H,31,35)/b24-13-,27-17+,30-21?/t26-/m0/s1. The number of amides is 1. The minimum Gasteiger partial charge on any atom is -0.495 e. The molecule has 8 heteroatoms. The molecule has 0 fully saturated rings. The summed E-state index contributed by atoms with van der Waals surface area (Å²) < 4.78 is 5.59. The number of allylic oxidation sites excluding steroid dienone is 3. The van der Waals surface area contributed by atoms with Crippen LogP contribution in [0, 0.1) is 12.3 Å². The van der Waals surface area contributed by atoms with Crippen LogP contribution in [0.2, 0.25) is 5.02 Å². The molecule has 0 saturated heterocycles. The molecule has 0 bridgehead atoms. The van der Waals surface area contributed by atoms with Gasteiger partial charge in [-0.05, 0) is 61.9 Å². The van der Waals surface area contributed by atoms with Crippen LogP contribution in [0.1, 0.15) is 34.8 Å². The number of methoxy groups -OCH3 is 1. The molecule has 0 spiro atoms. The van der Waals surface area contributed by atoms with Crippen molar-refractivity contribution >= 4 is 46.5 Å². The van der Waals surface area contributed by atoms with E-state index in [0.29, 0.717) is 33.7 Å². The SMILES string of the molecule is C=CC(=N)C[C@@H](C(=O)Nc1ccc(C)cc1)N(C)/C=C(OC)\C(=C/C=O)c1cc(Cl)ccc1C(C)=O. The lowest BCUT2D eigenvalue weighted by molar-refractivity contribution is -0.119. The predicted octanol–water partition coefficient (Wildman–Crippen LogP) is 5.46. The average Bonchev–Trinajstić information content (AvgIpc) is 2.85. The van der Waals surface area contributed by atoms with Gasteiger partial charge in [0.1, 0.15) is 18.1 Å². The number of nitrogens with zero attached hydrogens (tertiary/aromatic N) is 1. The summed E-state index contributed by atoms with van der Waals surface area (Å²) >= 11 is 6.19. The smallest absolute Gasteiger partial charge is 0.247 e. The number of carbonyl (C=O) groups is 3. The summed E-state index contributed by atoms with van der Waals surface area (Å²) in [6, 6.07) is 11.3. The summed E-state index contributed by atoms with van der Waals surface area (Å²) in [5.41, 5.74) is 2.96. The van der Waals surface area contributed by atoms with E-state index >= 15 is 0 Å². The van der Waals surface area contributed by atoms with Gasteiger partial charge in [0.15, 0.2) is 5.78 Å². The number of anilines is 1. The van der Waals surface area contributed by atoms with Crippen LogP contribution < -0.4 is 5.32 Å². The molecule has 0 aliphatic rings. The Morgan fingerprint density at radius 1 is 1.19 bits per heavy atom. The van der Waals surface area contributed by atoms with Crippen molar-refractivity contribution in [2.75, 3.05) is 19.5 Å². The van der Waals surface area contributed by atoms with Crippen LogP contribution >= 0.6 is 11.6 Å². The van der Waals surface area contributed by atoms with Crippen LogP contribution in [-0.2, 0) is 14.3 Å². The Kier molecular flexibility index (Phi) is 10.4. The molecule has 2 aromatic carbocycles. The van der Waals surface area contributed by atoms with Crippen LogP contribution in [-0.4, -0.2) is 48.8 Å². The lowest BCUT2D eigenvalue weighted by atomic mass is 9.95. The topological polar surface area (TPSA) is 99.6 Å². The molecule has 0 aromatic heterocycles. The van der Waals surface area contributed by atoms with Crippen LogP contribution in [0.4, 0.5) is 5.69 Å². The van der Waals surface area contributed by atoms with Gasteiger partial charge in [-0.25, -0.2) is 0 Å². The number of likely N-dealkylation sites (N-methyl/N-ethyl adjacent to an activating group) is 1. The van der Waals surface area contributed by atoms with Crippen molar-refractivity contribution in [3.8, 4) is 0 Å². The molecule has 188 valence electrons. The van der Waals surface area contributed by atoms with Crippen molar-refractivity contribution in [1.29, 1.82) is 5.41 Å². The molecule has 0 heterocycles. The van der Waals surface area contributed by atoms with Crippen LogP contribution in [0.25, 0.3) is 5.57 Å². The van der Waals surface area contributed by atoms with Gasteiger partial charge in [0.05, 0.1) is 7.11 Å². The highest BCUT2D eigenvalue weighted by molar-refractivity contribution is 6.31. The number of Topliss-reactive ketones (excluding diaryl/α,β-unsaturated/α-hetero) is 1. The van der Waals surface area contributed by atoms with E-state index in [1.807, 2.05) is 19.1 Å². The molecule has 2 rings (SSSR count). The van der Waals surface area contributed by atoms with Crippen molar-refractivity contribution in [3.63, 3.8) is 0 Å². The first kappa shape index (κ1) is 28.3. The maximum atomic E-state index is 13.2. The number of hydrogen-bond acceptors (Lipinski definition) is 6. The molecule has 2 aromatic rings. The number of benzene rings is 2. The Labute approximate surface area is 216 Å². The normalized spacial score (nSPS) is 12.4. The van der Waals surface area contributed by atoms with E-state index in [2.05, 4.69) is 11.9 Å². The highest BCUT2D eigenvalue weighted by atomic mass is 35.5. The van der Waals surface area contributed by atoms with E-state index in [0.717, 1.165) is 5.56 Å². The molecule has 36 heavy (non-hydrogen) atoms. The second-order valence-corrected chi connectivity index (χ2v) is 8.57. The van der Waals surface area contributed by atoms with Gasteiger partial charge in [-0.3, -0.25) is 14.4 Å². The van der Waals surface area contributed by atoms with Crippen LogP contribution in [0.3, 0.4) is 0 Å². The molecule has 0 aliphatic carbocycles. The highest BCUT2D eigenvalue weighted by Crippen LogP contribution is 2.30. The van der Waals surface area contributed by atoms with Gasteiger partial charge in [-0.2, -0.15) is 0 Å². The van der Waals surface area contributed by atoms with E-state index < -0.39 is 6.04 Å². The van der Waals surface area contributed by atoms with Crippen molar-refractivity contribution in [2.24, 2.45) is 0 Å². The second-order valence-electron chi connectivity index (χ2n) is 8.13. The lowest BCUT2D eigenvalue weighted by Gasteiger charge is -2.27. The summed E-state index contributed by atoms with van der Waals surface area (Å²) in [5.74, 6) is -0.322. The van der Waals surface area contributed by atoms with Crippen molar-refractivity contribution in [1.82, 2.24) is 4.90 Å². The summed E-state index contributed by atoms with van der Waals surface area (Å²) in [4.78, 5) is 38.6. The Hall–Kier alpha value is -3.97. The summed E-state index contributed by atoms with van der Waals surface area (Å²) in [6.07, 6.45) is 4.86. The first-order chi connectivity index (χ1) is 17.1. The zero-order chi connectivity index (χ0) is 26.8. The lowest BCUT2D eigenvalue weighted by Crippen LogP contribution is -2.40. The van der Waals surface area contributed by atoms with Crippen molar-refractivity contribution in [2.45, 2.75) is 26.3 Å². The number of carbonyl (C=O) groups excluding carboxylic acids is 3. The van der Waals surface area contributed by atoms with Gasteiger partial charge < -0.3 is 20.4 Å². The number of ketones is 1. The maximum absolute atomic E-state index is 13.2. The summed E-state index contributed by atoms with van der Waals surface area (Å²) in [7, 11) is 3.08. The monoisotopic (exact) mass is 507 g/mol. The molecular formula is C28H30ClN3O4. The molecule has 0 aliphatic heterocycles. The Morgan fingerprint density at radius 3 is 2.42 bits per heavy atom. The second kappa shape index (κ2) is 13.2. The summed E-state index contributed by atoms with van der Waals surface area (Å²) in [5, 5.41) is 11.3. The Balaban J connectivity index is 2.51. The third-order valence-corrected chi connectivity index (χ3v) is 5.70. The third kappa shape index (κ3) is 7.52. The molecule has 1 atom stereocenters. The number of ether oxygens (including phenoxy) is 1. The summed E-state index contributed by atoms with van der Waals surface area (Å²) in [6.45, 7) is 6.99. The Bertz CT molecular complexity index is 1220. The molecule has 0 saturated carbocycles. The van der Waals surface area contributed by atoms with Gasteiger partial charge in [-0.1, -0.05) is 35.9 Å². The number of hydrogen-bond donors (Lipinski definition) is 2. The van der Waals surface area contributed by atoms with Crippen molar-refractivity contribution in [3.05, 3.63) is 94.9 Å². The van der Waals surface area contributed by atoms with Gasteiger partial charge in [0.2, 0.25) is 5.91 Å². The fourth-order valence-corrected chi connectivity index (χ4v) is 3.67. The maximum Gasteiger partial charge on any atom is 0.247 e. The first-order valence-corrected chi connectivity index (χ1v) is 11.5. The number of aryl methyl sites for hydroxylation is 1. The van der Waals surface area contributed by atoms with Gasteiger partial charge in [0.25, 0.3) is 0 Å². The minimum absolute atomic E-state index is 0.0772. The van der Waals surface area contributed by atoms with E-state index in [1.54, 1.807) is 48.5 Å². The quantitative estimate of drug-likeness (QED) is 0.0992. The number of aldehydes is 1.